The number of nitrogens with one attached hydrogen (secondary N) is 4. The predicted octanol–water partition coefficient (Wildman–Crippen LogP) is 6.59. The molecular formula is C23H19ClF3N9OS. The monoisotopic (exact) mass is 561 g/mol. The number of urea groups is 1. The Balaban J connectivity index is 1.41. The van der Waals surface area contributed by atoms with Crippen LogP contribution < -0.4 is 20.3 Å². The van der Waals surface area contributed by atoms with Gasteiger partial charge in [0.25, 0.3) is 0 Å². The summed E-state index contributed by atoms with van der Waals surface area (Å²) >= 11 is 9.64. The topological polar surface area (TPSA) is 124 Å². The van der Waals surface area contributed by atoms with Crippen molar-refractivity contribution in [1.82, 2.24) is 25.1 Å². The van der Waals surface area contributed by atoms with Crippen molar-refractivity contribution >= 4 is 71.3 Å². The van der Waals surface area contributed by atoms with Crippen molar-refractivity contribution in [2.45, 2.75) is 13.1 Å². The molecule has 0 bridgehead atoms. The number of carbonyl (C=O) groups is 1. The Morgan fingerprint density at radius 3 is 2.58 bits per heavy atom. The number of thiol groups is 1. The summed E-state index contributed by atoms with van der Waals surface area (Å²) < 4.78 is 40.1. The van der Waals surface area contributed by atoms with Gasteiger partial charge in [-0.2, -0.15) is 23.3 Å². The summed E-state index contributed by atoms with van der Waals surface area (Å²) in [5, 5.41) is 15.0. The first-order chi connectivity index (χ1) is 18.0. The van der Waals surface area contributed by atoms with Gasteiger partial charge in [-0.3, -0.25) is 10.4 Å². The standard InChI is InChI=1S/C23H19ClF3N9OS/c1-3-13-9-20(35-34-13)31-19-8-12(2)29-21(32-19)30-14-4-7-18(28-11-14)33-22(37)36(38)15-5-6-17(24)16(10-15)23(25,26)27/h3-11,38H,1H2,2H3,(H,28,33,37)(H3,29,30,31,32,34,35). The van der Waals surface area contributed by atoms with E-state index in [1.807, 2.05) is 0 Å². The van der Waals surface area contributed by atoms with Crippen LogP contribution in [-0.4, -0.2) is 31.2 Å². The van der Waals surface area contributed by atoms with Crippen LogP contribution in [0.4, 0.5) is 52.7 Å². The Hall–Kier alpha value is -4.30. The van der Waals surface area contributed by atoms with Crippen molar-refractivity contribution in [3.05, 3.63) is 77.2 Å². The largest absolute Gasteiger partial charge is 0.417 e. The van der Waals surface area contributed by atoms with E-state index in [0.717, 1.165) is 12.1 Å². The zero-order valence-electron chi connectivity index (χ0n) is 19.5. The van der Waals surface area contributed by atoms with Gasteiger partial charge in [0.15, 0.2) is 0 Å². The molecule has 0 aliphatic carbocycles. The second-order valence-electron chi connectivity index (χ2n) is 7.71. The number of carbonyl (C=O) groups excluding carboxylic acids is 1. The molecule has 0 unspecified atom stereocenters. The average Bonchev–Trinajstić information content (AvgIpc) is 3.31. The molecule has 4 N–H and O–H groups in total. The normalized spacial score (nSPS) is 11.1. The van der Waals surface area contributed by atoms with Crippen LogP contribution in [-0.2, 0) is 6.18 Å². The zero-order valence-corrected chi connectivity index (χ0v) is 21.2. The number of benzene rings is 1. The number of hydrogen-bond donors (Lipinski definition) is 5. The number of H-pyrrole nitrogens is 1. The molecule has 3 aromatic heterocycles. The molecule has 196 valence electrons. The third-order valence-corrected chi connectivity index (χ3v) is 5.61. The van der Waals surface area contributed by atoms with Gasteiger partial charge in [0.05, 0.1) is 33.9 Å². The summed E-state index contributed by atoms with van der Waals surface area (Å²) in [4.78, 5) is 25.4. The van der Waals surface area contributed by atoms with E-state index in [0.29, 0.717) is 39.0 Å². The first kappa shape index (κ1) is 26.8. The number of halogens is 4. The van der Waals surface area contributed by atoms with Gasteiger partial charge in [0.1, 0.15) is 17.5 Å². The molecule has 38 heavy (non-hydrogen) atoms. The first-order valence-electron chi connectivity index (χ1n) is 10.7. The number of pyridine rings is 1. The number of aromatic nitrogens is 5. The van der Waals surface area contributed by atoms with Crippen LogP contribution in [0.2, 0.25) is 5.02 Å². The molecule has 4 aromatic rings. The molecule has 0 spiro atoms. The third kappa shape index (κ3) is 6.52. The summed E-state index contributed by atoms with van der Waals surface area (Å²) in [6.07, 6.45) is -1.66. The summed E-state index contributed by atoms with van der Waals surface area (Å²) in [5.74, 6) is 1.56. The lowest BCUT2D eigenvalue weighted by atomic mass is 10.2. The quantitative estimate of drug-likeness (QED) is 0.161. The van der Waals surface area contributed by atoms with Crippen LogP contribution in [0.3, 0.4) is 0 Å². The van der Waals surface area contributed by atoms with E-state index in [1.54, 1.807) is 31.2 Å². The number of aromatic amines is 1. The van der Waals surface area contributed by atoms with Crippen LogP contribution in [0.5, 0.6) is 0 Å². The van der Waals surface area contributed by atoms with E-state index in [-0.39, 0.29) is 11.5 Å². The van der Waals surface area contributed by atoms with Gasteiger partial charge in [0, 0.05) is 17.8 Å². The highest BCUT2D eigenvalue weighted by atomic mass is 35.5. The minimum atomic E-state index is -4.69. The maximum atomic E-state index is 13.1. The van der Waals surface area contributed by atoms with Crippen molar-refractivity contribution in [2.24, 2.45) is 0 Å². The molecule has 3 heterocycles. The number of hydrogen-bond acceptors (Lipinski definition) is 8. The van der Waals surface area contributed by atoms with Gasteiger partial charge in [-0.25, -0.2) is 19.1 Å². The van der Waals surface area contributed by atoms with Crippen LogP contribution in [0.1, 0.15) is 17.0 Å². The fraction of sp³-hybridized carbons (Fsp3) is 0.0870. The lowest BCUT2D eigenvalue weighted by molar-refractivity contribution is -0.137. The number of anilines is 6. The number of aryl methyl sites for hydroxylation is 1. The van der Waals surface area contributed by atoms with Crippen molar-refractivity contribution in [2.75, 3.05) is 20.3 Å². The summed E-state index contributed by atoms with van der Waals surface area (Å²) in [6, 6.07) is 8.79. The van der Waals surface area contributed by atoms with Crippen LogP contribution in [0.25, 0.3) is 6.08 Å². The lowest BCUT2D eigenvalue weighted by Crippen LogP contribution is -2.27. The Kier molecular flexibility index (Phi) is 7.73. The predicted molar refractivity (Wildman–Crippen MR) is 143 cm³/mol. The van der Waals surface area contributed by atoms with Gasteiger partial charge in [-0.15, -0.1) is 0 Å². The Morgan fingerprint density at radius 1 is 1.13 bits per heavy atom. The van der Waals surface area contributed by atoms with Crippen LogP contribution in [0, 0.1) is 6.92 Å². The molecule has 0 saturated heterocycles. The molecule has 10 nitrogen and oxygen atoms in total. The van der Waals surface area contributed by atoms with E-state index in [1.165, 1.54) is 18.3 Å². The number of nitrogens with zero attached hydrogens (tertiary/aromatic N) is 5. The number of amides is 2. The molecule has 0 fully saturated rings. The fourth-order valence-electron chi connectivity index (χ4n) is 3.15. The average molecular weight is 562 g/mol. The maximum Gasteiger partial charge on any atom is 0.417 e. The molecule has 0 aliphatic heterocycles. The van der Waals surface area contributed by atoms with E-state index >= 15 is 0 Å². The molecule has 4 rings (SSSR count). The van der Waals surface area contributed by atoms with E-state index < -0.39 is 22.8 Å². The highest BCUT2D eigenvalue weighted by Gasteiger charge is 2.34. The van der Waals surface area contributed by atoms with Gasteiger partial charge < -0.3 is 10.6 Å². The maximum absolute atomic E-state index is 13.1. The minimum absolute atomic E-state index is 0.127. The van der Waals surface area contributed by atoms with E-state index in [4.69, 9.17) is 11.6 Å². The molecule has 0 radical (unpaired) electrons. The zero-order chi connectivity index (χ0) is 27.4. The second-order valence-corrected chi connectivity index (χ2v) is 8.52. The van der Waals surface area contributed by atoms with Crippen LogP contribution >= 0.6 is 24.4 Å². The second kappa shape index (κ2) is 11.0. The highest BCUT2D eigenvalue weighted by molar-refractivity contribution is 7.82. The summed E-state index contributed by atoms with van der Waals surface area (Å²) in [5.41, 5.74) is 0.674. The van der Waals surface area contributed by atoms with Gasteiger partial charge in [-0.05, 0) is 43.3 Å². The minimum Gasteiger partial charge on any atom is -0.325 e. The molecule has 1 aromatic carbocycles. The Bertz CT molecular complexity index is 1480. The smallest absolute Gasteiger partial charge is 0.325 e. The Labute approximate surface area is 224 Å². The van der Waals surface area contributed by atoms with E-state index in [9.17, 15) is 18.0 Å². The SMILES string of the molecule is C=Cc1cc(Nc2cc(C)nc(Nc3ccc(NC(=O)N(S)c4ccc(Cl)c(C(F)(F)F)c4)nc3)n2)[nH]n1. The first-order valence-corrected chi connectivity index (χ1v) is 11.5. The highest BCUT2D eigenvalue weighted by Crippen LogP contribution is 2.37. The van der Waals surface area contributed by atoms with Crippen molar-refractivity contribution in [1.29, 1.82) is 0 Å². The van der Waals surface area contributed by atoms with Crippen molar-refractivity contribution in [3.63, 3.8) is 0 Å². The molecule has 0 atom stereocenters. The van der Waals surface area contributed by atoms with Crippen molar-refractivity contribution in [3.8, 4) is 0 Å². The summed E-state index contributed by atoms with van der Waals surface area (Å²) in [6.45, 7) is 5.47. The fourth-order valence-corrected chi connectivity index (χ4v) is 3.54. The molecule has 2 amide bonds. The van der Waals surface area contributed by atoms with E-state index in [2.05, 4.69) is 60.5 Å². The lowest BCUT2D eigenvalue weighted by Gasteiger charge is -2.18. The third-order valence-electron chi connectivity index (χ3n) is 4.87. The number of rotatable bonds is 7. The molecule has 0 saturated carbocycles. The molecule has 15 heteroatoms. The molecular weight excluding hydrogens is 543 g/mol. The summed E-state index contributed by atoms with van der Waals surface area (Å²) in [7, 11) is 0. The molecule has 0 aliphatic rings. The van der Waals surface area contributed by atoms with Gasteiger partial charge >= 0.3 is 12.2 Å². The van der Waals surface area contributed by atoms with Gasteiger partial charge in [0.2, 0.25) is 5.95 Å². The van der Waals surface area contributed by atoms with Crippen LogP contribution in [0.15, 0.2) is 55.2 Å². The number of alkyl halides is 3. The Morgan fingerprint density at radius 2 is 1.92 bits per heavy atom. The van der Waals surface area contributed by atoms with Gasteiger partial charge in [-0.1, -0.05) is 31.0 Å². The van der Waals surface area contributed by atoms with Crippen molar-refractivity contribution < 1.29 is 18.0 Å².